The Kier molecular flexibility index (Phi) is 3.00. The van der Waals surface area contributed by atoms with Crippen LogP contribution in [0.3, 0.4) is 0 Å². The van der Waals surface area contributed by atoms with Crippen LogP contribution in [0.5, 0.6) is 0 Å². The van der Waals surface area contributed by atoms with E-state index >= 15 is 0 Å². The van der Waals surface area contributed by atoms with Gasteiger partial charge in [-0.05, 0) is 0 Å². The maximum atomic E-state index is 4.36. The van der Waals surface area contributed by atoms with Crippen LogP contribution in [0.15, 0.2) is 12.4 Å². The third-order valence-electron chi connectivity index (χ3n) is 2.08. The number of piperazine rings is 1. The molecule has 1 fully saturated rings. The Morgan fingerprint density at radius 1 is 1.23 bits per heavy atom. The van der Waals surface area contributed by atoms with E-state index in [9.17, 15) is 0 Å². The van der Waals surface area contributed by atoms with Crippen molar-refractivity contribution in [3.63, 3.8) is 0 Å². The van der Waals surface area contributed by atoms with Crippen molar-refractivity contribution in [3.8, 4) is 0 Å². The first kappa shape index (κ1) is 9.20. The van der Waals surface area contributed by atoms with Crippen LogP contribution in [-0.2, 0) is 0 Å². The molecule has 5 heteroatoms. The first-order valence-corrected chi connectivity index (χ1v) is 5.78. The number of nitrogens with one attached hydrogen (secondary N) is 1. The SMILES string of the molecule is [Sn][c]1cnc(N2CCNCC2)cn1. The van der Waals surface area contributed by atoms with Crippen molar-refractivity contribution in [3.05, 3.63) is 12.4 Å². The topological polar surface area (TPSA) is 41.1 Å². The van der Waals surface area contributed by atoms with Gasteiger partial charge in [0.05, 0.1) is 0 Å². The van der Waals surface area contributed by atoms with E-state index < -0.39 is 0 Å². The van der Waals surface area contributed by atoms with Crippen molar-refractivity contribution in [1.29, 1.82) is 0 Å². The third-order valence-corrected chi connectivity index (χ3v) is 2.82. The first-order valence-electron chi connectivity index (χ1n) is 4.35. The van der Waals surface area contributed by atoms with Gasteiger partial charge in [0.1, 0.15) is 0 Å². The minimum atomic E-state index is 1.01. The van der Waals surface area contributed by atoms with Gasteiger partial charge in [-0.3, -0.25) is 0 Å². The van der Waals surface area contributed by atoms with Gasteiger partial charge in [0.25, 0.3) is 0 Å². The zero-order valence-electron chi connectivity index (χ0n) is 7.32. The van der Waals surface area contributed by atoms with Crippen LogP contribution < -0.4 is 13.9 Å². The predicted molar refractivity (Wildman–Crippen MR) is 52.5 cm³/mol. The summed E-state index contributed by atoms with van der Waals surface area (Å²) in [5, 5.41) is 3.31. The maximum absolute atomic E-state index is 4.36. The number of rotatable bonds is 1. The molecule has 0 atom stereocenters. The quantitative estimate of drug-likeness (QED) is 0.649. The van der Waals surface area contributed by atoms with E-state index in [1.54, 1.807) is 0 Å². The van der Waals surface area contributed by atoms with Crippen molar-refractivity contribution in [1.82, 2.24) is 15.3 Å². The summed E-state index contributed by atoms with van der Waals surface area (Å²) in [4.78, 5) is 10.9. The van der Waals surface area contributed by atoms with Gasteiger partial charge in [-0.15, -0.1) is 0 Å². The molecule has 1 aliphatic heterocycles. The molecule has 3 radical (unpaired) electrons. The zero-order chi connectivity index (χ0) is 9.10. The summed E-state index contributed by atoms with van der Waals surface area (Å²) in [6.07, 6.45) is 3.73. The normalized spacial score (nSPS) is 17.5. The fourth-order valence-electron chi connectivity index (χ4n) is 1.38. The summed E-state index contributed by atoms with van der Waals surface area (Å²) < 4.78 is 1.06. The Labute approximate surface area is 90.8 Å². The van der Waals surface area contributed by atoms with E-state index in [0.29, 0.717) is 0 Å². The molecule has 0 spiro atoms. The standard InChI is InChI=1S/C8H11N4.Sn/c1-2-11-8(7-10-1)12-5-3-9-4-6-12;/h2,7,9H,3-6H2;. The summed E-state index contributed by atoms with van der Waals surface area (Å²) in [5.41, 5.74) is 0. The van der Waals surface area contributed by atoms with Crippen LogP contribution in [0.25, 0.3) is 0 Å². The second-order valence-corrected chi connectivity index (χ2v) is 4.46. The second kappa shape index (κ2) is 4.23. The van der Waals surface area contributed by atoms with E-state index in [4.69, 9.17) is 0 Å². The molecule has 0 unspecified atom stereocenters. The molecule has 13 heavy (non-hydrogen) atoms. The predicted octanol–water partition coefficient (Wildman–Crippen LogP) is -1.32. The van der Waals surface area contributed by atoms with Gasteiger partial charge in [0, 0.05) is 0 Å². The second-order valence-electron chi connectivity index (χ2n) is 3.00. The minimum absolute atomic E-state index is 1.01. The Bertz CT molecular complexity index is 268. The average Bonchev–Trinajstić information content (AvgIpc) is 2.20. The molecule has 0 amide bonds. The number of hydrogen-bond acceptors (Lipinski definition) is 4. The molecule has 0 aliphatic carbocycles. The van der Waals surface area contributed by atoms with Crippen LogP contribution in [0, 0.1) is 0 Å². The van der Waals surface area contributed by atoms with Crippen molar-refractivity contribution in [2.45, 2.75) is 0 Å². The van der Waals surface area contributed by atoms with Gasteiger partial charge in [0.2, 0.25) is 0 Å². The van der Waals surface area contributed by atoms with Crippen molar-refractivity contribution in [2.24, 2.45) is 0 Å². The molecule has 0 saturated carbocycles. The summed E-state index contributed by atoms with van der Waals surface area (Å²) in [6.45, 7) is 4.15. The Balaban J connectivity index is 2.10. The van der Waals surface area contributed by atoms with E-state index in [2.05, 4.69) is 20.2 Å². The molecular weight excluding hydrogens is 271 g/mol. The Morgan fingerprint density at radius 3 is 2.62 bits per heavy atom. The van der Waals surface area contributed by atoms with E-state index in [-0.39, 0.29) is 0 Å². The molecule has 1 aliphatic rings. The molecule has 1 aromatic rings. The van der Waals surface area contributed by atoms with Gasteiger partial charge < -0.3 is 0 Å². The molecule has 67 valence electrons. The van der Waals surface area contributed by atoms with Gasteiger partial charge in [0.15, 0.2) is 0 Å². The van der Waals surface area contributed by atoms with Crippen LogP contribution in [0.4, 0.5) is 5.82 Å². The number of nitrogens with zero attached hydrogens (tertiary/aromatic N) is 3. The number of aromatic nitrogens is 2. The fourth-order valence-corrected chi connectivity index (χ4v) is 1.75. The van der Waals surface area contributed by atoms with Crippen molar-refractivity contribution < 1.29 is 0 Å². The molecule has 1 saturated heterocycles. The van der Waals surface area contributed by atoms with E-state index in [1.807, 2.05) is 12.4 Å². The molecule has 2 rings (SSSR count). The molecule has 0 aromatic carbocycles. The van der Waals surface area contributed by atoms with Crippen molar-refractivity contribution in [2.75, 3.05) is 31.1 Å². The Hall–Kier alpha value is -0.361. The summed E-state index contributed by atoms with van der Waals surface area (Å²) >= 11 is 1.32. The van der Waals surface area contributed by atoms with Crippen LogP contribution in [-0.4, -0.2) is 58.7 Å². The van der Waals surface area contributed by atoms with Crippen LogP contribution >= 0.6 is 0 Å². The monoisotopic (exact) mass is 283 g/mol. The van der Waals surface area contributed by atoms with Gasteiger partial charge >= 0.3 is 90.8 Å². The van der Waals surface area contributed by atoms with Crippen LogP contribution in [0.2, 0.25) is 0 Å². The van der Waals surface area contributed by atoms with E-state index in [1.165, 1.54) is 22.5 Å². The molecule has 1 N–H and O–H groups in total. The summed E-state index contributed by atoms with van der Waals surface area (Å²) in [5.74, 6) is 1.01. The van der Waals surface area contributed by atoms with Crippen molar-refractivity contribution >= 4 is 32.1 Å². The Morgan fingerprint density at radius 2 is 2.00 bits per heavy atom. The third kappa shape index (κ3) is 2.31. The van der Waals surface area contributed by atoms with Gasteiger partial charge in [-0.2, -0.15) is 0 Å². The van der Waals surface area contributed by atoms with Crippen LogP contribution in [0.1, 0.15) is 0 Å². The number of hydrogen-bond donors (Lipinski definition) is 1. The number of anilines is 1. The first-order chi connectivity index (χ1) is 6.36. The fraction of sp³-hybridized carbons (Fsp3) is 0.500. The van der Waals surface area contributed by atoms with Gasteiger partial charge in [-0.1, -0.05) is 0 Å². The molecule has 1 aromatic heterocycles. The average molecular weight is 282 g/mol. The zero-order valence-corrected chi connectivity index (χ0v) is 10.2. The summed E-state index contributed by atoms with van der Waals surface area (Å²) in [6, 6.07) is 0. The summed E-state index contributed by atoms with van der Waals surface area (Å²) in [7, 11) is 0. The van der Waals surface area contributed by atoms with Gasteiger partial charge in [-0.25, -0.2) is 0 Å². The molecule has 4 nitrogen and oxygen atoms in total. The molecule has 2 heterocycles. The molecular formula is C8H11N4Sn. The molecule has 0 bridgehead atoms. The van der Waals surface area contributed by atoms with E-state index in [0.717, 1.165) is 35.7 Å².